The third kappa shape index (κ3) is 4.05. The van der Waals surface area contributed by atoms with E-state index < -0.39 is 21.7 Å². The molecule has 1 aromatic heterocycles. The molecule has 0 radical (unpaired) electrons. The van der Waals surface area contributed by atoms with Gasteiger partial charge in [0, 0.05) is 22.2 Å². The molecule has 1 heterocycles. The van der Waals surface area contributed by atoms with Crippen molar-refractivity contribution in [3.8, 4) is 22.5 Å². The lowest BCUT2D eigenvalue weighted by Crippen LogP contribution is -2.25. The number of benzene rings is 3. The van der Waals surface area contributed by atoms with E-state index >= 15 is 0 Å². The van der Waals surface area contributed by atoms with Crippen molar-refractivity contribution in [3.05, 3.63) is 95.5 Å². The fraction of sp³-hybridized carbons (Fsp3) is 0. The molecule has 3 aromatic carbocycles. The van der Waals surface area contributed by atoms with Crippen molar-refractivity contribution in [2.75, 3.05) is 4.83 Å². The van der Waals surface area contributed by atoms with Gasteiger partial charge in [0.15, 0.2) is 0 Å². The van der Waals surface area contributed by atoms with Crippen LogP contribution in [0.2, 0.25) is 5.02 Å². The first-order valence-corrected chi connectivity index (χ1v) is 10.6. The van der Waals surface area contributed by atoms with Crippen LogP contribution in [0.15, 0.2) is 83.8 Å². The normalized spacial score (nSPS) is 11.4. The van der Waals surface area contributed by atoms with Crippen molar-refractivity contribution >= 4 is 21.6 Å². The Labute approximate surface area is 176 Å². The van der Waals surface area contributed by atoms with E-state index in [1.54, 1.807) is 42.5 Å². The van der Waals surface area contributed by atoms with Gasteiger partial charge in [0.25, 0.3) is 10.0 Å². The van der Waals surface area contributed by atoms with Gasteiger partial charge in [-0.2, -0.15) is 23.1 Å². The van der Waals surface area contributed by atoms with E-state index in [0.717, 1.165) is 16.9 Å². The molecule has 0 saturated heterocycles. The first-order chi connectivity index (χ1) is 14.3. The number of halogens is 3. The summed E-state index contributed by atoms with van der Waals surface area (Å²) in [7, 11) is -4.01. The molecule has 0 fully saturated rings. The van der Waals surface area contributed by atoms with Crippen LogP contribution in [0.3, 0.4) is 0 Å². The molecule has 152 valence electrons. The summed E-state index contributed by atoms with van der Waals surface area (Å²) in [5.41, 5.74) is 1.11. The van der Waals surface area contributed by atoms with Crippen LogP contribution in [-0.2, 0) is 10.0 Å². The number of nitrogens with zero attached hydrogens (tertiary/aromatic N) is 2. The summed E-state index contributed by atoms with van der Waals surface area (Å²) in [5, 5.41) is 4.80. The smallest absolute Gasteiger partial charge is 0.207 e. The summed E-state index contributed by atoms with van der Waals surface area (Å²) in [6, 6.07) is 18.9. The maximum atomic E-state index is 14.5. The maximum absolute atomic E-state index is 14.5. The highest BCUT2D eigenvalue weighted by atomic mass is 35.5. The van der Waals surface area contributed by atoms with Gasteiger partial charge < -0.3 is 0 Å². The average Bonchev–Trinajstić information content (AvgIpc) is 3.12. The minimum atomic E-state index is -4.01. The molecule has 4 rings (SSSR count). The van der Waals surface area contributed by atoms with Crippen LogP contribution < -0.4 is 4.83 Å². The number of nitrogens with one attached hydrogen (secondary N) is 1. The molecule has 1 N–H and O–H groups in total. The van der Waals surface area contributed by atoms with Crippen molar-refractivity contribution in [2.24, 2.45) is 0 Å². The maximum Gasteiger partial charge on any atom is 0.276 e. The first-order valence-electron chi connectivity index (χ1n) is 8.73. The Morgan fingerprint density at radius 3 is 2.27 bits per heavy atom. The molecular weight excluding hydrogens is 432 g/mol. The van der Waals surface area contributed by atoms with Crippen molar-refractivity contribution in [3.63, 3.8) is 0 Å². The van der Waals surface area contributed by atoms with Crippen LogP contribution in [0, 0.1) is 11.6 Å². The molecule has 9 heteroatoms. The summed E-state index contributed by atoms with van der Waals surface area (Å²) >= 11 is 5.92. The van der Waals surface area contributed by atoms with E-state index in [4.69, 9.17) is 11.6 Å². The predicted molar refractivity (Wildman–Crippen MR) is 111 cm³/mol. The van der Waals surface area contributed by atoms with E-state index in [9.17, 15) is 17.2 Å². The molecule has 0 saturated carbocycles. The number of rotatable bonds is 5. The van der Waals surface area contributed by atoms with Crippen molar-refractivity contribution < 1.29 is 17.2 Å². The van der Waals surface area contributed by atoms with Crippen molar-refractivity contribution in [1.82, 2.24) is 9.89 Å². The van der Waals surface area contributed by atoms with Gasteiger partial charge in [-0.15, -0.1) is 0 Å². The van der Waals surface area contributed by atoms with E-state index in [1.165, 1.54) is 24.3 Å². The van der Waals surface area contributed by atoms with Gasteiger partial charge >= 0.3 is 0 Å². The van der Waals surface area contributed by atoms with Crippen LogP contribution in [0.1, 0.15) is 0 Å². The zero-order valence-corrected chi connectivity index (χ0v) is 16.8. The lowest BCUT2D eigenvalue weighted by Gasteiger charge is -2.11. The van der Waals surface area contributed by atoms with E-state index in [-0.39, 0.29) is 16.2 Å². The fourth-order valence-corrected chi connectivity index (χ4v) is 3.98. The SMILES string of the molecule is O=S(=O)(Nn1nc(-c2ccc(Cl)cc2)cc1-c1ccc(F)cc1F)c1ccccc1. The molecule has 0 bridgehead atoms. The van der Waals surface area contributed by atoms with E-state index in [0.29, 0.717) is 16.3 Å². The largest absolute Gasteiger partial charge is 0.276 e. The topological polar surface area (TPSA) is 64.0 Å². The van der Waals surface area contributed by atoms with E-state index in [2.05, 4.69) is 9.93 Å². The second kappa shape index (κ2) is 7.89. The predicted octanol–water partition coefficient (Wildman–Crippen LogP) is 5.08. The van der Waals surface area contributed by atoms with Gasteiger partial charge in [0.2, 0.25) is 0 Å². The van der Waals surface area contributed by atoms with Gasteiger partial charge in [-0.25, -0.2) is 8.78 Å². The Kier molecular flexibility index (Phi) is 5.27. The molecule has 0 amide bonds. The highest BCUT2D eigenvalue weighted by Gasteiger charge is 2.20. The van der Waals surface area contributed by atoms with Crippen molar-refractivity contribution in [2.45, 2.75) is 4.90 Å². The van der Waals surface area contributed by atoms with Crippen LogP contribution >= 0.6 is 11.6 Å². The number of hydrogen-bond acceptors (Lipinski definition) is 3. The number of sulfonamides is 1. The molecule has 0 aliphatic rings. The first kappa shape index (κ1) is 20.1. The highest BCUT2D eigenvalue weighted by Crippen LogP contribution is 2.29. The molecule has 30 heavy (non-hydrogen) atoms. The molecular formula is C21H14ClF2N3O2S. The van der Waals surface area contributed by atoms with Crippen LogP contribution in [0.25, 0.3) is 22.5 Å². The monoisotopic (exact) mass is 445 g/mol. The molecule has 0 aliphatic heterocycles. The Bertz CT molecular complexity index is 1310. The molecule has 0 atom stereocenters. The van der Waals surface area contributed by atoms with Gasteiger partial charge in [0.05, 0.1) is 16.3 Å². The number of hydrogen-bond donors (Lipinski definition) is 1. The molecule has 0 unspecified atom stereocenters. The second-order valence-corrected chi connectivity index (χ2v) is 8.46. The third-order valence-electron chi connectivity index (χ3n) is 4.32. The minimum Gasteiger partial charge on any atom is -0.207 e. The third-order valence-corrected chi connectivity index (χ3v) is 5.87. The quantitative estimate of drug-likeness (QED) is 0.466. The zero-order valence-electron chi connectivity index (χ0n) is 15.3. The van der Waals surface area contributed by atoms with Gasteiger partial charge in [-0.1, -0.05) is 41.9 Å². The van der Waals surface area contributed by atoms with Crippen molar-refractivity contribution in [1.29, 1.82) is 0 Å². The summed E-state index contributed by atoms with van der Waals surface area (Å²) in [6.07, 6.45) is 0. The highest BCUT2D eigenvalue weighted by molar-refractivity contribution is 7.92. The van der Waals surface area contributed by atoms with Gasteiger partial charge in [-0.3, -0.25) is 0 Å². The standard InChI is InChI=1S/C21H14ClF2N3O2S/c22-15-8-6-14(7-9-15)20-13-21(18-11-10-16(23)12-19(18)24)27(25-20)26-30(28,29)17-4-2-1-3-5-17/h1-13,26H. The Morgan fingerprint density at radius 2 is 1.60 bits per heavy atom. The summed E-state index contributed by atoms with van der Waals surface area (Å²) in [6.45, 7) is 0. The molecule has 4 aromatic rings. The molecule has 0 aliphatic carbocycles. The average molecular weight is 446 g/mol. The van der Waals surface area contributed by atoms with Gasteiger partial charge in [0.1, 0.15) is 11.6 Å². The van der Waals surface area contributed by atoms with Crippen LogP contribution in [0.4, 0.5) is 8.78 Å². The zero-order chi connectivity index (χ0) is 21.3. The van der Waals surface area contributed by atoms with E-state index in [1.807, 2.05) is 0 Å². The van der Waals surface area contributed by atoms with Gasteiger partial charge in [-0.05, 0) is 42.5 Å². The summed E-state index contributed by atoms with van der Waals surface area (Å²) < 4.78 is 53.4. The van der Waals surface area contributed by atoms with Crippen LogP contribution in [-0.4, -0.2) is 18.3 Å². The molecule has 5 nitrogen and oxygen atoms in total. The van der Waals surface area contributed by atoms with Crippen LogP contribution in [0.5, 0.6) is 0 Å². The Balaban J connectivity index is 1.84. The summed E-state index contributed by atoms with van der Waals surface area (Å²) in [5.74, 6) is -1.59. The Morgan fingerprint density at radius 1 is 0.900 bits per heavy atom. The lowest BCUT2D eigenvalue weighted by molar-refractivity contribution is 0.582. The Hall–Kier alpha value is -3.23. The summed E-state index contributed by atoms with van der Waals surface area (Å²) in [4.78, 5) is 3.31. The lowest BCUT2D eigenvalue weighted by atomic mass is 10.1. The minimum absolute atomic E-state index is 0.0130. The second-order valence-electron chi connectivity index (χ2n) is 6.37. The number of aromatic nitrogens is 2. The fourth-order valence-electron chi connectivity index (χ4n) is 2.87. The molecule has 0 spiro atoms.